The van der Waals surface area contributed by atoms with Crippen LogP contribution in [0.3, 0.4) is 0 Å². The second kappa shape index (κ2) is 5.29. The fourth-order valence-electron chi connectivity index (χ4n) is 1.32. The van der Waals surface area contributed by atoms with E-state index in [0.29, 0.717) is 0 Å². The number of hydrogen-bond acceptors (Lipinski definition) is 3. The molecule has 0 fully saturated rings. The lowest BCUT2D eigenvalue weighted by Crippen LogP contribution is -2.35. The monoisotopic (exact) mass is 247 g/mol. The highest BCUT2D eigenvalue weighted by Gasteiger charge is 2.31. The van der Waals surface area contributed by atoms with Gasteiger partial charge in [0.1, 0.15) is 0 Å². The Morgan fingerprint density at radius 1 is 1.47 bits per heavy atom. The quantitative estimate of drug-likeness (QED) is 0.826. The first kappa shape index (κ1) is 13.7. The van der Waals surface area contributed by atoms with Crippen molar-refractivity contribution in [3.05, 3.63) is 35.4 Å². The zero-order valence-electron chi connectivity index (χ0n) is 9.12. The number of alkyl halides is 3. The van der Waals surface area contributed by atoms with Gasteiger partial charge in [0.25, 0.3) is 0 Å². The molecule has 1 unspecified atom stereocenters. The Morgan fingerprint density at radius 2 is 2.12 bits per heavy atom. The maximum Gasteiger partial charge on any atom is 0.416 e. The molecule has 0 spiro atoms. The summed E-state index contributed by atoms with van der Waals surface area (Å²) in [5.74, 6) is -0.571. The van der Waals surface area contributed by atoms with Crippen LogP contribution in [-0.2, 0) is 10.9 Å². The van der Waals surface area contributed by atoms with E-state index in [9.17, 15) is 18.0 Å². The fourth-order valence-corrected chi connectivity index (χ4v) is 1.32. The van der Waals surface area contributed by atoms with Crippen LogP contribution >= 0.6 is 0 Å². The third kappa shape index (κ3) is 3.54. The number of rotatable bonds is 4. The topological polar surface area (TPSA) is 52.3 Å². The molecular weight excluding hydrogens is 235 g/mol. The standard InChI is InChI=1S/C11H12F3NO2/c1-17-6-9(15)10(16)7-3-2-4-8(5-7)11(12,13)14/h2-5,9H,6,15H2,1H3. The fraction of sp³-hybridized carbons (Fsp3) is 0.364. The summed E-state index contributed by atoms with van der Waals surface area (Å²) in [6.07, 6.45) is -4.47. The average molecular weight is 247 g/mol. The van der Waals surface area contributed by atoms with Gasteiger partial charge in [-0.05, 0) is 12.1 Å². The van der Waals surface area contributed by atoms with Gasteiger partial charge in [0, 0.05) is 12.7 Å². The molecular formula is C11H12F3NO2. The van der Waals surface area contributed by atoms with Crippen LogP contribution in [0.15, 0.2) is 24.3 Å². The molecule has 1 rings (SSSR count). The minimum Gasteiger partial charge on any atom is -0.383 e. The summed E-state index contributed by atoms with van der Waals surface area (Å²) in [5.41, 5.74) is 4.53. The summed E-state index contributed by atoms with van der Waals surface area (Å²) >= 11 is 0. The van der Waals surface area contributed by atoms with Gasteiger partial charge in [0.2, 0.25) is 0 Å². The maximum atomic E-state index is 12.4. The first-order chi connectivity index (χ1) is 7.86. The van der Waals surface area contributed by atoms with E-state index in [4.69, 9.17) is 5.73 Å². The number of carbonyl (C=O) groups is 1. The van der Waals surface area contributed by atoms with Crippen LogP contribution in [0.2, 0.25) is 0 Å². The Hall–Kier alpha value is -1.40. The van der Waals surface area contributed by atoms with Gasteiger partial charge in [-0.1, -0.05) is 12.1 Å². The first-order valence-electron chi connectivity index (χ1n) is 4.82. The molecule has 1 atom stereocenters. The lowest BCUT2D eigenvalue weighted by Gasteiger charge is -2.11. The third-order valence-corrected chi connectivity index (χ3v) is 2.16. The zero-order chi connectivity index (χ0) is 13.1. The first-order valence-corrected chi connectivity index (χ1v) is 4.82. The number of benzene rings is 1. The van der Waals surface area contributed by atoms with Gasteiger partial charge in [-0.15, -0.1) is 0 Å². The van der Waals surface area contributed by atoms with Crippen LogP contribution in [0, 0.1) is 0 Å². The smallest absolute Gasteiger partial charge is 0.383 e. The molecule has 2 N–H and O–H groups in total. The van der Waals surface area contributed by atoms with Crippen molar-refractivity contribution in [1.29, 1.82) is 0 Å². The summed E-state index contributed by atoms with van der Waals surface area (Å²) < 4.78 is 41.9. The van der Waals surface area contributed by atoms with E-state index in [1.165, 1.54) is 19.2 Å². The Morgan fingerprint density at radius 3 is 2.65 bits per heavy atom. The van der Waals surface area contributed by atoms with E-state index in [1.807, 2.05) is 0 Å². The normalized spacial score (nSPS) is 13.5. The summed E-state index contributed by atoms with van der Waals surface area (Å²) in [7, 11) is 1.36. The Kier molecular flexibility index (Phi) is 4.25. The van der Waals surface area contributed by atoms with Crippen molar-refractivity contribution in [2.75, 3.05) is 13.7 Å². The minimum absolute atomic E-state index is 0.0327. The molecule has 6 heteroatoms. The van der Waals surface area contributed by atoms with Crippen LogP contribution in [0.1, 0.15) is 15.9 Å². The third-order valence-electron chi connectivity index (χ3n) is 2.16. The molecule has 1 aromatic rings. The van der Waals surface area contributed by atoms with Crippen LogP contribution in [0.5, 0.6) is 0 Å². The predicted octanol–water partition coefficient (Wildman–Crippen LogP) is 1.86. The van der Waals surface area contributed by atoms with E-state index >= 15 is 0 Å². The van der Waals surface area contributed by atoms with E-state index in [-0.39, 0.29) is 12.2 Å². The number of Topliss-reactive ketones (excluding diaryl/α,β-unsaturated/α-hetero) is 1. The van der Waals surface area contributed by atoms with Crippen LogP contribution in [0.25, 0.3) is 0 Å². The largest absolute Gasteiger partial charge is 0.416 e. The van der Waals surface area contributed by atoms with E-state index in [0.717, 1.165) is 12.1 Å². The van der Waals surface area contributed by atoms with E-state index < -0.39 is 23.6 Å². The van der Waals surface area contributed by atoms with Crippen LogP contribution in [-0.4, -0.2) is 25.5 Å². The predicted molar refractivity (Wildman–Crippen MR) is 55.6 cm³/mol. The van der Waals surface area contributed by atoms with Crippen molar-refractivity contribution in [2.24, 2.45) is 5.73 Å². The number of ether oxygens (including phenoxy) is 1. The molecule has 0 aliphatic heterocycles. The van der Waals surface area contributed by atoms with Gasteiger partial charge >= 0.3 is 6.18 Å². The van der Waals surface area contributed by atoms with Crippen molar-refractivity contribution in [1.82, 2.24) is 0 Å². The molecule has 0 aliphatic carbocycles. The molecule has 0 aromatic heterocycles. The lowest BCUT2D eigenvalue weighted by atomic mass is 10.0. The number of halogens is 3. The highest BCUT2D eigenvalue weighted by atomic mass is 19.4. The SMILES string of the molecule is COCC(N)C(=O)c1cccc(C(F)(F)F)c1. The van der Waals surface area contributed by atoms with Gasteiger partial charge in [0.15, 0.2) is 5.78 Å². The van der Waals surface area contributed by atoms with Gasteiger partial charge in [-0.2, -0.15) is 13.2 Å². The number of carbonyl (C=O) groups excluding carboxylic acids is 1. The molecule has 0 aliphatic rings. The lowest BCUT2D eigenvalue weighted by molar-refractivity contribution is -0.137. The number of ketones is 1. The van der Waals surface area contributed by atoms with Crippen molar-refractivity contribution in [3.8, 4) is 0 Å². The van der Waals surface area contributed by atoms with Crippen molar-refractivity contribution >= 4 is 5.78 Å². The Bertz CT molecular complexity index is 404. The molecule has 0 radical (unpaired) electrons. The second-order valence-electron chi connectivity index (χ2n) is 3.50. The Labute approximate surface area is 96.4 Å². The van der Waals surface area contributed by atoms with Crippen molar-refractivity contribution < 1.29 is 22.7 Å². The van der Waals surface area contributed by atoms with Crippen molar-refractivity contribution in [2.45, 2.75) is 12.2 Å². The van der Waals surface area contributed by atoms with E-state index in [2.05, 4.69) is 4.74 Å². The highest BCUT2D eigenvalue weighted by molar-refractivity contribution is 6.00. The molecule has 0 bridgehead atoms. The number of hydrogen-bond donors (Lipinski definition) is 1. The van der Waals surface area contributed by atoms with Gasteiger partial charge in [-0.3, -0.25) is 4.79 Å². The minimum atomic E-state index is -4.47. The molecule has 94 valence electrons. The second-order valence-corrected chi connectivity index (χ2v) is 3.50. The molecule has 0 saturated heterocycles. The summed E-state index contributed by atoms with van der Waals surface area (Å²) in [6, 6.07) is 3.21. The summed E-state index contributed by atoms with van der Waals surface area (Å²) in [5, 5.41) is 0. The van der Waals surface area contributed by atoms with Crippen molar-refractivity contribution in [3.63, 3.8) is 0 Å². The molecule has 3 nitrogen and oxygen atoms in total. The number of methoxy groups -OCH3 is 1. The molecule has 0 amide bonds. The summed E-state index contributed by atoms with van der Waals surface area (Å²) in [6.45, 7) is -0.0327. The average Bonchev–Trinajstić information content (AvgIpc) is 2.27. The molecule has 0 heterocycles. The highest BCUT2D eigenvalue weighted by Crippen LogP contribution is 2.29. The maximum absolute atomic E-state index is 12.4. The van der Waals surface area contributed by atoms with Gasteiger partial charge in [-0.25, -0.2) is 0 Å². The Balaban J connectivity index is 2.96. The summed E-state index contributed by atoms with van der Waals surface area (Å²) in [4.78, 5) is 11.6. The zero-order valence-corrected chi connectivity index (χ0v) is 9.12. The molecule has 0 saturated carbocycles. The number of nitrogens with two attached hydrogens (primary N) is 1. The van der Waals surface area contributed by atoms with Gasteiger partial charge < -0.3 is 10.5 Å². The molecule has 1 aromatic carbocycles. The van der Waals surface area contributed by atoms with Crippen LogP contribution in [0.4, 0.5) is 13.2 Å². The molecule has 17 heavy (non-hydrogen) atoms. The van der Waals surface area contributed by atoms with E-state index in [1.54, 1.807) is 0 Å². The van der Waals surface area contributed by atoms with Gasteiger partial charge in [0.05, 0.1) is 18.2 Å². The van der Waals surface area contributed by atoms with Crippen LogP contribution < -0.4 is 5.73 Å².